The van der Waals surface area contributed by atoms with E-state index in [0.29, 0.717) is 0 Å². The minimum Gasteiger partial charge on any atom is -0.573 e. The van der Waals surface area contributed by atoms with Gasteiger partial charge in [-0.2, -0.15) is 5.10 Å². The summed E-state index contributed by atoms with van der Waals surface area (Å²) in [5.74, 6) is 0. The molecule has 0 amide bonds. The van der Waals surface area contributed by atoms with E-state index in [2.05, 4.69) is 27.4 Å². The minimum atomic E-state index is 0. The molecular formula is C13H9IrN4-. The predicted molar refractivity (Wildman–Crippen MR) is 66.8 cm³/mol. The molecular weight excluding hydrogens is 404 g/mol. The Balaban J connectivity index is 0.000001000. The Morgan fingerprint density at radius 2 is 1.78 bits per heavy atom. The van der Waals surface area contributed by atoms with Gasteiger partial charge < -0.3 is 10.2 Å². The zero-order valence-corrected chi connectivity index (χ0v) is 12.0. The van der Waals surface area contributed by atoms with Gasteiger partial charge in [-0.1, -0.05) is 29.8 Å². The molecule has 0 unspecified atom stereocenters. The molecule has 18 heavy (non-hydrogen) atoms. The van der Waals surface area contributed by atoms with Crippen LogP contribution in [0.2, 0.25) is 0 Å². The van der Waals surface area contributed by atoms with Crippen molar-refractivity contribution >= 4 is 32.6 Å². The van der Waals surface area contributed by atoms with Crippen LogP contribution >= 0.6 is 0 Å². The van der Waals surface area contributed by atoms with E-state index in [0.717, 1.165) is 21.8 Å². The van der Waals surface area contributed by atoms with E-state index in [1.807, 2.05) is 36.3 Å². The fourth-order valence-corrected chi connectivity index (χ4v) is 2.44. The zero-order valence-electron chi connectivity index (χ0n) is 9.59. The molecule has 5 heteroatoms. The van der Waals surface area contributed by atoms with Gasteiger partial charge in [-0.15, -0.1) is 0 Å². The number of aromatic nitrogens is 4. The average Bonchev–Trinajstić information content (AvgIpc) is 2.94. The Morgan fingerprint density at radius 1 is 1.06 bits per heavy atom. The smallest absolute Gasteiger partial charge is 0.0800 e. The van der Waals surface area contributed by atoms with Gasteiger partial charge in [0.05, 0.1) is 5.52 Å². The van der Waals surface area contributed by atoms with Gasteiger partial charge >= 0.3 is 0 Å². The first-order chi connectivity index (χ1) is 8.34. The van der Waals surface area contributed by atoms with Gasteiger partial charge in [0, 0.05) is 44.9 Å². The molecule has 0 aliphatic heterocycles. The fraction of sp³-hybridized carbons (Fsp3) is 0.0769. The summed E-state index contributed by atoms with van der Waals surface area (Å²) in [6.07, 6.45) is 3.84. The van der Waals surface area contributed by atoms with Crippen LogP contribution in [0, 0.1) is 0 Å². The second-order valence-electron chi connectivity index (χ2n) is 4.22. The van der Waals surface area contributed by atoms with E-state index in [4.69, 9.17) is 0 Å². The number of benzene rings is 2. The van der Waals surface area contributed by atoms with E-state index in [1.165, 1.54) is 10.8 Å². The van der Waals surface area contributed by atoms with Gasteiger partial charge in [0.2, 0.25) is 0 Å². The van der Waals surface area contributed by atoms with Crippen molar-refractivity contribution in [2.24, 2.45) is 7.05 Å². The molecule has 4 rings (SSSR count). The molecule has 4 aromatic rings. The first-order valence-electron chi connectivity index (χ1n) is 5.47. The summed E-state index contributed by atoms with van der Waals surface area (Å²) in [6.45, 7) is 0. The third-order valence-corrected chi connectivity index (χ3v) is 3.16. The summed E-state index contributed by atoms with van der Waals surface area (Å²) in [5.41, 5.74) is 1.82. The number of rotatable bonds is 0. The second-order valence-corrected chi connectivity index (χ2v) is 4.22. The van der Waals surface area contributed by atoms with E-state index in [-0.39, 0.29) is 20.1 Å². The van der Waals surface area contributed by atoms with Crippen molar-refractivity contribution in [3.8, 4) is 0 Å². The minimum absolute atomic E-state index is 0. The molecule has 2 heterocycles. The molecule has 0 aliphatic carbocycles. The van der Waals surface area contributed by atoms with Crippen LogP contribution in [0.4, 0.5) is 0 Å². The second kappa shape index (κ2) is 3.90. The Labute approximate surface area is 116 Å². The zero-order chi connectivity index (χ0) is 11.4. The van der Waals surface area contributed by atoms with Crippen molar-refractivity contribution in [1.82, 2.24) is 20.0 Å². The van der Waals surface area contributed by atoms with Gasteiger partial charge in [0.1, 0.15) is 0 Å². The number of hydrogen-bond acceptors (Lipinski definition) is 2. The molecule has 2 aromatic carbocycles. The van der Waals surface area contributed by atoms with Crippen molar-refractivity contribution in [2.75, 3.05) is 0 Å². The monoisotopic (exact) mass is 414 g/mol. The van der Waals surface area contributed by atoms with Gasteiger partial charge in [0.25, 0.3) is 0 Å². The van der Waals surface area contributed by atoms with Gasteiger partial charge in [-0.25, -0.2) is 0 Å². The van der Waals surface area contributed by atoms with Gasteiger partial charge in [-0.3, -0.25) is 4.68 Å². The van der Waals surface area contributed by atoms with Crippen LogP contribution < -0.4 is 5.10 Å². The quantitative estimate of drug-likeness (QED) is 0.444. The first-order valence-corrected chi connectivity index (χ1v) is 5.47. The van der Waals surface area contributed by atoms with Crippen LogP contribution in [-0.2, 0) is 27.2 Å². The molecule has 4 nitrogen and oxygen atoms in total. The van der Waals surface area contributed by atoms with E-state index in [9.17, 15) is 0 Å². The largest absolute Gasteiger partial charge is 0.573 e. The Morgan fingerprint density at radius 3 is 2.56 bits per heavy atom. The summed E-state index contributed by atoms with van der Waals surface area (Å²) < 4.78 is 1.82. The van der Waals surface area contributed by atoms with E-state index in [1.54, 1.807) is 0 Å². The molecule has 0 saturated heterocycles. The summed E-state index contributed by atoms with van der Waals surface area (Å²) in [6, 6.07) is 8.31. The molecule has 2 aromatic heterocycles. The SMILES string of the molecule is Cn1cc2c3ccccc3c3cn[n-]c3c2n1.[Ir]. The van der Waals surface area contributed by atoms with Gasteiger partial charge in [0.15, 0.2) is 0 Å². The van der Waals surface area contributed by atoms with E-state index < -0.39 is 0 Å². The topological polar surface area (TPSA) is 44.8 Å². The van der Waals surface area contributed by atoms with E-state index >= 15 is 0 Å². The summed E-state index contributed by atoms with van der Waals surface area (Å²) in [4.78, 5) is 0. The van der Waals surface area contributed by atoms with Crippen LogP contribution in [-0.4, -0.2) is 14.9 Å². The molecule has 0 saturated carbocycles. The van der Waals surface area contributed by atoms with Crippen molar-refractivity contribution in [1.29, 1.82) is 0 Å². The van der Waals surface area contributed by atoms with Crippen molar-refractivity contribution in [2.45, 2.75) is 0 Å². The third kappa shape index (κ3) is 1.35. The molecule has 1 radical (unpaired) electrons. The van der Waals surface area contributed by atoms with Crippen LogP contribution in [0.25, 0.3) is 32.6 Å². The number of hydrogen-bond donors (Lipinski definition) is 0. The van der Waals surface area contributed by atoms with Gasteiger partial charge in [-0.05, 0) is 16.2 Å². The van der Waals surface area contributed by atoms with Crippen LogP contribution in [0.1, 0.15) is 0 Å². The predicted octanol–water partition coefficient (Wildman–Crippen LogP) is 2.23. The summed E-state index contributed by atoms with van der Waals surface area (Å²) in [5, 5.41) is 17.3. The first kappa shape index (κ1) is 11.4. The average molecular weight is 413 g/mol. The molecule has 91 valence electrons. The normalized spacial score (nSPS) is 11.2. The summed E-state index contributed by atoms with van der Waals surface area (Å²) in [7, 11) is 1.93. The molecule has 0 aliphatic rings. The third-order valence-electron chi connectivity index (χ3n) is 3.16. The van der Waals surface area contributed by atoms with Crippen LogP contribution in [0.5, 0.6) is 0 Å². The molecule has 0 N–H and O–H groups in total. The molecule has 0 bridgehead atoms. The Hall–Kier alpha value is -1.71. The standard InChI is InChI=1S/C13H9N4.Ir/c1-17-7-11-9-5-3-2-4-8(9)10-6-14-15-12(10)13(11)16-17;/h2-7H,1H3;/q-1;. The van der Waals surface area contributed by atoms with Crippen molar-refractivity contribution < 1.29 is 20.1 Å². The van der Waals surface area contributed by atoms with Crippen LogP contribution in [0.3, 0.4) is 0 Å². The Bertz CT molecular complexity index is 859. The maximum absolute atomic E-state index is 4.48. The summed E-state index contributed by atoms with van der Waals surface area (Å²) >= 11 is 0. The Kier molecular flexibility index (Phi) is 2.47. The number of nitrogens with zero attached hydrogens (tertiary/aromatic N) is 4. The van der Waals surface area contributed by atoms with Crippen molar-refractivity contribution in [3.63, 3.8) is 0 Å². The van der Waals surface area contributed by atoms with Crippen molar-refractivity contribution in [3.05, 3.63) is 36.7 Å². The molecule has 0 spiro atoms. The maximum Gasteiger partial charge on any atom is 0.0800 e. The maximum atomic E-state index is 4.48. The number of fused-ring (bicyclic) bond motifs is 6. The fourth-order valence-electron chi connectivity index (χ4n) is 2.44. The number of aryl methyl sites for hydroxylation is 1. The molecule has 0 fully saturated rings. The molecule has 0 atom stereocenters. The van der Waals surface area contributed by atoms with Crippen LogP contribution in [0.15, 0.2) is 36.7 Å².